The highest BCUT2D eigenvalue weighted by molar-refractivity contribution is 9.10. The molecule has 0 saturated heterocycles. The van der Waals surface area contributed by atoms with Gasteiger partial charge in [0.2, 0.25) is 0 Å². The van der Waals surface area contributed by atoms with Crippen LogP contribution in [0.3, 0.4) is 0 Å². The SMILES string of the molecule is Cn1nc(C(C)(C)C)cc1NC(=O)N1CCc2c1ccc(Br)c2F. The minimum atomic E-state index is -0.293. The van der Waals surface area contributed by atoms with Gasteiger partial charge in [-0.3, -0.25) is 14.9 Å². The molecule has 1 aliphatic rings. The molecule has 0 bridgehead atoms. The Bertz CT molecular complexity index is 810. The molecule has 0 spiro atoms. The van der Waals surface area contributed by atoms with Crippen LogP contribution < -0.4 is 10.2 Å². The van der Waals surface area contributed by atoms with Crippen molar-refractivity contribution in [1.82, 2.24) is 9.78 Å². The summed E-state index contributed by atoms with van der Waals surface area (Å²) in [5.41, 5.74) is 1.99. The molecule has 1 N–H and O–H groups in total. The zero-order chi connectivity index (χ0) is 17.6. The summed E-state index contributed by atoms with van der Waals surface area (Å²) in [6.45, 7) is 6.66. The van der Waals surface area contributed by atoms with E-state index in [4.69, 9.17) is 0 Å². The van der Waals surface area contributed by atoms with E-state index in [1.54, 1.807) is 28.8 Å². The average Bonchev–Trinajstić information content (AvgIpc) is 3.07. The number of aryl methyl sites for hydroxylation is 1. The first-order chi connectivity index (χ1) is 11.2. The molecule has 1 aromatic carbocycles. The largest absolute Gasteiger partial charge is 0.327 e. The minimum Gasteiger partial charge on any atom is -0.293 e. The number of carbonyl (C=O) groups is 1. The molecule has 24 heavy (non-hydrogen) atoms. The number of carbonyl (C=O) groups excluding carboxylic acids is 1. The molecular weight excluding hydrogens is 375 g/mol. The van der Waals surface area contributed by atoms with E-state index in [2.05, 4.69) is 47.1 Å². The summed E-state index contributed by atoms with van der Waals surface area (Å²) < 4.78 is 16.2. The van der Waals surface area contributed by atoms with Gasteiger partial charge in [-0.1, -0.05) is 20.8 Å². The van der Waals surface area contributed by atoms with Crippen LogP contribution in [0.5, 0.6) is 0 Å². The standard InChI is InChI=1S/C17H20BrFN4O/c1-17(2,3)13-9-14(22(4)21-13)20-16(24)23-8-7-10-12(23)6-5-11(18)15(10)19/h5-6,9H,7-8H2,1-4H3,(H,20,24). The quantitative estimate of drug-likeness (QED) is 0.787. The van der Waals surface area contributed by atoms with Crippen LogP contribution in [0.25, 0.3) is 0 Å². The van der Waals surface area contributed by atoms with Gasteiger partial charge in [-0.05, 0) is 34.5 Å². The van der Waals surface area contributed by atoms with Gasteiger partial charge >= 0.3 is 6.03 Å². The molecule has 1 aliphatic heterocycles. The maximum atomic E-state index is 14.1. The van der Waals surface area contributed by atoms with Crippen molar-refractivity contribution in [2.24, 2.45) is 7.05 Å². The molecule has 0 atom stereocenters. The molecule has 0 aliphatic carbocycles. The van der Waals surface area contributed by atoms with Crippen molar-refractivity contribution in [3.05, 3.63) is 39.7 Å². The van der Waals surface area contributed by atoms with Crippen LogP contribution in [-0.2, 0) is 18.9 Å². The fraction of sp³-hybridized carbons (Fsp3) is 0.412. The summed E-state index contributed by atoms with van der Waals surface area (Å²) in [6.07, 6.45) is 0.507. The van der Waals surface area contributed by atoms with Gasteiger partial charge in [0, 0.05) is 30.6 Å². The van der Waals surface area contributed by atoms with Crippen LogP contribution in [0.2, 0.25) is 0 Å². The first-order valence-corrected chi connectivity index (χ1v) is 8.57. The van der Waals surface area contributed by atoms with Crippen LogP contribution >= 0.6 is 15.9 Å². The van der Waals surface area contributed by atoms with Gasteiger partial charge < -0.3 is 0 Å². The van der Waals surface area contributed by atoms with Crippen LogP contribution in [-0.4, -0.2) is 22.4 Å². The third-order valence-electron chi connectivity index (χ3n) is 4.18. The highest BCUT2D eigenvalue weighted by atomic mass is 79.9. The van der Waals surface area contributed by atoms with Crippen LogP contribution in [0.1, 0.15) is 32.0 Å². The van der Waals surface area contributed by atoms with E-state index in [-0.39, 0.29) is 17.3 Å². The predicted octanol–water partition coefficient (Wildman–Crippen LogP) is 4.21. The summed E-state index contributed by atoms with van der Waals surface area (Å²) in [4.78, 5) is 14.2. The van der Waals surface area contributed by atoms with E-state index >= 15 is 0 Å². The van der Waals surface area contributed by atoms with Gasteiger partial charge in [-0.2, -0.15) is 5.10 Å². The van der Waals surface area contributed by atoms with Gasteiger partial charge in [0.05, 0.1) is 15.9 Å². The Balaban J connectivity index is 1.84. The van der Waals surface area contributed by atoms with E-state index in [1.807, 2.05) is 6.07 Å². The second kappa shape index (κ2) is 5.88. The molecule has 7 heteroatoms. The minimum absolute atomic E-state index is 0.101. The van der Waals surface area contributed by atoms with Crippen LogP contribution in [0.15, 0.2) is 22.7 Å². The lowest BCUT2D eigenvalue weighted by Gasteiger charge is -2.18. The van der Waals surface area contributed by atoms with Gasteiger partial charge in [-0.25, -0.2) is 9.18 Å². The molecule has 2 aromatic rings. The van der Waals surface area contributed by atoms with Crippen molar-refractivity contribution in [2.45, 2.75) is 32.6 Å². The highest BCUT2D eigenvalue weighted by Crippen LogP contribution is 2.34. The Morgan fingerprint density at radius 2 is 2.08 bits per heavy atom. The molecule has 0 unspecified atom stereocenters. The Kier molecular flexibility index (Phi) is 4.15. The summed E-state index contributed by atoms with van der Waals surface area (Å²) >= 11 is 3.18. The number of nitrogens with zero attached hydrogens (tertiary/aromatic N) is 3. The monoisotopic (exact) mass is 394 g/mol. The molecule has 0 fully saturated rings. The third kappa shape index (κ3) is 2.92. The van der Waals surface area contributed by atoms with Crippen LogP contribution in [0, 0.1) is 5.82 Å². The van der Waals surface area contributed by atoms with E-state index < -0.39 is 0 Å². The second-order valence-electron chi connectivity index (χ2n) is 6.98. The van der Waals surface area contributed by atoms with Crippen molar-refractivity contribution < 1.29 is 9.18 Å². The van der Waals surface area contributed by atoms with Crippen molar-refractivity contribution in [3.63, 3.8) is 0 Å². The van der Waals surface area contributed by atoms with E-state index in [0.717, 1.165) is 5.69 Å². The molecule has 0 saturated carbocycles. The van der Waals surface area contributed by atoms with E-state index in [1.165, 1.54) is 0 Å². The zero-order valence-electron chi connectivity index (χ0n) is 14.2. The van der Waals surface area contributed by atoms with Crippen molar-refractivity contribution in [3.8, 4) is 0 Å². The number of amides is 2. The number of benzene rings is 1. The molecule has 1 aromatic heterocycles. The van der Waals surface area contributed by atoms with Gasteiger partial charge in [0.25, 0.3) is 0 Å². The third-order valence-corrected chi connectivity index (χ3v) is 4.79. The summed E-state index contributed by atoms with van der Waals surface area (Å²) in [5.74, 6) is 0.328. The summed E-state index contributed by atoms with van der Waals surface area (Å²) in [6, 6.07) is 4.98. The van der Waals surface area contributed by atoms with Crippen molar-refractivity contribution in [1.29, 1.82) is 0 Å². The molecule has 0 radical (unpaired) electrons. The van der Waals surface area contributed by atoms with Gasteiger partial charge in [0.1, 0.15) is 11.6 Å². The number of hydrogen-bond donors (Lipinski definition) is 1. The number of urea groups is 1. The van der Waals surface area contributed by atoms with Gasteiger partial charge in [0.15, 0.2) is 0 Å². The smallest absolute Gasteiger partial charge is 0.293 e. The number of aromatic nitrogens is 2. The van der Waals surface area contributed by atoms with Crippen molar-refractivity contribution >= 4 is 33.5 Å². The second-order valence-corrected chi connectivity index (χ2v) is 7.83. The van der Waals surface area contributed by atoms with Crippen molar-refractivity contribution in [2.75, 3.05) is 16.8 Å². The fourth-order valence-electron chi connectivity index (χ4n) is 2.76. The lowest BCUT2D eigenvalue weighted by atomic mass is 9.92. The Morgan fingerprint density at radius 1 is 1.38 bits per heavy atom. The number of anilines is 2. The Labute approximate surface area is 149 Å². The normalized spacial score (nSPS) is 14.0. The first kappa shape index (κ1) is 17.0. The zero-order valence-corrected chi connectivity index (χ0v) is 15.7. The molecular formula is C17H20BrFN4O. The number of hydrogen-bond acceptors (Lipinski definition) is 2. The predicted molar refractivity (Wildman–Crippen MR) is 96.1 cm³/mol. The van der Waals surface area contributed by atoms with E-state index in [9.17, 15) is 9.18 Å². The summed E-state index contributed by atoms with van der Waals surface area (Å²) in [5, 5.41) is 7.32. The number of fused-ring (bicyclic) bond motifs is 1. The highest BCUT2D eigenvalue weighted by Gasteiger charge is 2.29. The first-order valence-electron chi connectivity index (χ1n) is 7.78. The lowest BCUT2D eigenvalue weighted by Crippen LogP contribution is -2.33. The lowest BCUT2D eigenvalue weighted by molar-refractivity contribution is 0.257. The molecule has 3 rings (SSSR count). The number of halogens is 2. The average molecular weight is 395 g/mol. The Hall–Kier alpha value is -1.89. The summed E-state index contributed by atoms with van der Waals surface area (Å²) in [7, 11) is 1.79. The van der Waals surface area contributed by atoms with E-state index in [0.29, 0.717) is 34.5 Å². The maximum absolute atomic E-state index is 14.1. The Morgan fingerprint density at radius 3 is 2.71 bits per heavy atom. The maximum Gasteiger partial charge on any atom is 0.327 e. The topological polar surface area (TPSA) is 50.2 Å². The number of rotatable bonds is 1. The molecule has 2 heterocycles. The molecule has 128 valence electrons. The van der Waals surface area contributed by atoms with Gasteiger partial charge in [-0.15, -0.1) is 0 Å². The van der Waals surface area contributed by atoms with Crippen LogP contribution in [0.4, 0.5) is 20.7 Å². The number of nitrogens with one attached hydrogen (secondary N) is 1. The molecule has 2 amide bonds. The molecule has 5 nitrogen and oxygen atoms in total. The fourth-order valence-corrected chi connectivity index (χ4v) is 3.13.